The maximum Gasteiger partial charge on any atom is 0.357 e. The molecule has 22 heavy (non-hydrogen) atoms. The number of hydrogen-bond acceptors (Lipinski definition) is 3. The summed E-state index contributed by atoms with van der Waals surface area (Å²) in [7, 11) is 0. The van der Waals surface area contributed by atoms with Crippen molar-refractivity contribution in [2.45, 2.75) is 18.9 Å². The maximum absolute atomic E-state index is 12.9. The van der Waals surface area contributed by atoms with Crippen LogP contribution in [0, 0.1) is 13.0 Å². The molecule has 1 aliphatic rings. The van der Waals surface area contributed by atoms with Crippen molar-refractivity contribution in [3.05, 3.63) is 61.5 Å². The van der Waals surface area contributed by atoms with E-state index in [1.807, 2.05) is 36.4 Å². The average Bonchev–Trinajstić information content (AvgIpc) is 2.54. The summed E-state index contributed by atoms with van der Waals surface area (Å²) in [6, 6.07) is 14.4. The van der Waals surface area contributed by atoms with E-state index in [4.69, 9.17) is 9.47 Å². The number of rotatable bonds is 4. The molecule has 3 rings (SSSR count). The first-order valence-corrected chi connectivity index (χ1v) is 9.20. The summed E-state index contributed by atoms with van der Waals surface area (Å²) in [6.45, 7) is 0.486. The normalized spacial score (nSPS) is 17.9. The molecule has 0 aromatic heterocycles. The predicted octanol–water partition coefficient (Wildman–Crippen LogP) is 0.0385. The van der Waals surface area contributed by atoms with Crippen molar-refractivity contribution >= 4 is 5.97 Å². The molecule has 1 unspecified atom stereocenters. The van der Waals surface area contributed by atoms with Gasteiger partial charge in [0.05, 0.1) is 6.61 Å². The highest BCUT2D eigenvalue weighted by atomic mass is 127. The molecular formula is C17H15FIO3+. The maximum atomic E-state index is 12.9. The van der Waals surface area contributed by atoms with E-state index in [0.29, 0.717) is 18.8 Å². The van der Waals surface area contributed by atoms with E-state index in [1.165, 1.54) is 15.7 Å². The van der Waals surface area contributed by atoms with E-state index < -0.39 is 6.10 Å². The molecule has 1 saturated heterocycles. The zero-order valence-corrected chi connectivity index (χ0v) is 14.0. The van der Waals surface area contributed by atoms with Gasteiger partial charge < -0.3 is 9.47 Å². The molecule has 2 aromatic rings. The van der Waals surface area contributed by atoms with Gasteiger partial charge in [0.25, 0.3) is 0 Å². The van der Waals surface area contributed by atoms with Crippen LogP contribution in [0.25, 0.3) is 0 Å². The first-order chi connectivity index (χ1) is 10.7. The van der Waals surface area contributed by atoms with Crippen molar-refractivity contribution in [2.75, 3.05) is 6.61 Å². The summed E-state index contributed by atoms with van der Waals surface area (Å²) in [4.78, 5) is 11.6. The van der Waals surface area contributed by atoms with Crippen LogP contribution in [0.1, 0.15) is 12.8 Å². The molecule has 0 spiro atoms. The van der Waals surface area contributed by atoms with Crippen molar-refractivity contribution in [3.63, 3.8) is 0 Å². The first-order valence-electron chi connectivity index (χ1n) is 7.04. The van der Waals surface area contributed by atoms with Crippen molar-refractivity contribution < 1.29 is 39.9 Å². The molecule has 1 fully saturated rings. The monoisotopic (exact) mass is 413 g/mol. The summed E-state index contributed by atoms with van der Waals surface area (Å²) >= 11 is -0.340. The van der Waals surface area contributed by atoms with Gasteiger partial charge in [-0.15, -0.1) is 0 Å². The van der Waals surface area contributed by atoms with E-state index >= 15 is 0 Å². The SMILES string of the molecule is O=C1OCCCC1Oc1ccc([I+]c2ccc(F)cc2)cc1. The Kier molecular flexibility index (Phi) is 4.92. The lowest BCUT2D eigenvalue weighted by Gasteiger charge is -2.21. The molecule has 0 bridgehead atoms. The number of ether oxygens (including phenoxy) is 2. The number of halogens is 2. The van der Waals surface area contributed by atoms with E-state index in [0.717, 1.165) is 9.99 Å². The number of esters is 1. The Morgan fingerprint density at radius 3 is 2.32 bits per heavy atom. The Labute approximate surface area is 138 Å². The highest BCUT2D eigenvalue weighted by molar-refractivity contribution is 5.75. The Balaban J connectivity index is 1.62. The minimum Gasteiger partial charge on any atom is -0.479 e. The van der Waals surface area contributed by atoms with E-state index in [-0.39, 0.29) is 33.0 Å². The molecule has 0 radical (unpaired) electrons. The van der Waals surface area contributed by atoms with Crippen LogP contribution >= 0.6 is 0 Å². The van der Waals surface area contributed by atoms with Crippen LogP contribution in [0.3, 0.4) is 0 Å². The van der Waals surface area contributed by atoms with Crippen LogP contribution in [-0.4, -0.2) is 18.7 Å². The molecule has 0 N–H and O–H groups in total. The van der Waals surface area contributed by atoms with Gasteiger partial charge in [0, 0.05) is 0 Å². The van der Waals surface area contributed by atoms with Gasteiger partial charge in [-0.05, 0) is 61.4 Å². The standard InChI is InChI=1S/C17H15FIO3/c18-12-3-5-13(6-4-12)19-14-7-9-15(10-8-14)22-16-2-1-11-21-17(16)20/h3-10,16H,1-2,11H2/q+1. The van der Waals surface area contributed by atoms with Crippen LogP contribution in [0.5, 0.6) is 5.75 Å². The number of hydrogen-bond donors (Lipinski definition) is 0. The lowest BCUT2D eigenvalue weighted by Crippen LogP contribution is -3.61. The Morgan fingerprint density at radius 2 is 1.68 bits per heavy atom. The predicted molar refractivity (Wildman–Crippen MR) is 74.8 cm³/mol. The summed E-state index contributed by atoms with van der Waals surface area (Å²) in [5.41, 5.74) is 0. The fourth-order valence-electron chi connectivity index (χ4n) is 2.12. The molecule has 114 valence electrons. The van der Waals surface area contributed by atoms with Gasteiger partial charge >= 0.3 is 27.2 Å². The third-order valence-corrected chi connectivity index (χ3v) is 5.92. The molecule has 0 saturated carbocycles. The van der Waals surface area contributed by atoms with Gasteiger partial charge in [-0.2, -0.15) is 0 Å². The van der Waals surface area contributed by atoms with Crippen molar-refractivity contribution in [2.24, 2.45) is 0 Å². The molecule has 1 heterocycles. The quantitative estimate of drug-likeness (QED) is 0.525. The zero-order chi connectivity index (χ0) is 15.4. The average molecular weight is 413 g/mol. The van der Waals surface area contributed by atoms with Gasteiger partial charge in [-0.25, -0.2) is 9.18 Å². The molecule has 1 atom stereocenters. The lowest BCUT2D eigenvalue weighted by molar-refractivity contribution is -0.597. The van der Waals surface area contributed by atoms with Crippen molar-refractivity contribution in [1.82, 2.24) is 0 Å². The van der Waals surface area contributed by atoms with Crippen LogP contribution in [0.2, 0.25) is 0 Å². The first kappa shape index (κ1) is 15.3. The third kappa shape index (κ3) is 3.97. The number of cyclic esters (lactones) is 1. The Morgan fingerprint density at radius 1 is 1.05 bits per heavy atom. The highest BCUT2D eigenvalue weighted by Crippen LogP contribution is 2.17. The number of carbonyl (C=O) groups excluding carboxylic acids is 1. The van der Waals surface area contributed by atoms with Gasteiger partial charge in [-0.3, -0.25) is 0 Å². The molecule has 5 heteroatoms. The molecule has 0 aliphatic carbocycles. The largest absolute Gasteiger partial charge is 0.479 e. The second-order valence-corrected chi connectivity index (χ2v) is 7.93. The molecular weight excluding hydrogens is 398 g/mol. The van der Waals surface area contributed by atoms with Crippen molar-refractivity contribution in [1.29, 1.82) is 0 Å². The molecule has 0 amide bonds. The van der Waals surface area contributed by atoms with E-state index in [9.17, 15) is 9.18 Å². The number of carbonyl (C=O) groups is 1. The second kappa shape index (κ2) is 7.09. The molecule has 3 nitrogen and oxygen atoms in total. The van der Waals surface area contributed by atoms with Gasteiger partial charge in [0.2, 0.25) is 0 Å². The Hall–Kier alpha value is -1.63. The summed E-state index contributed by atoms with van der Waals surface area (Å²) < 4.78 is 25.9. The zero-order valence-electron chi connectivity index (χ0n) is 11.8. The fraction of sp³-hybridized carbons (Fsp3) is 0.235. The van der Waals surface area contributed by atoms with E-state index in [2.05, 4.69) is 0 Å². The minimum absolute atomic E-state index is 0.212. The van der Waals surface area contributed by atoms with Gasteiger partial charge in [0.15, 0.2) is 13.2 Å². The summed E-state index contributed by atoms with van der Waals surface area (Å²) in [5, 5.41) is 0. The van der Waals surface area contributed by atoms with Crippen LogP contribution in [0.4, 0.5) is 4.39 Å². The van der Waals surface area contributed by atoms with Crippen LogP contribution in [0.15, 0.2) is 48.5 Å². The third-order valence-electron chi connectivity index (χ3n) is 3.23. The van der Waals surface area contributed by atoms with Crippen LogP contribution < -0.4 is 25.9 Å². The van der Waals surface area contributed by atoms with Crippen molar-refractivity contribution in [3.8, 4) is 5.75 Å². The fourth-order valence-corrected chi connectivity index (χ4v) is 4.28. The Bertz CT molecular complexity index is 640. The summed E-state index contributed by atoms with van der Waals surface area (Å²) in [6.07, 6.45) is 1.04. The summed E-state index contributed by atoms with van der Waals surface area (Å²) in [5.74, 6) is 0.181. The number of benzene rings is 2. The molecule has 1 aliphatic heterocycles. The smallest absolute Gasteiger partial charge is 0.357 e. The van der Waals surface area contributed by atoms with Gasteiger partial charge in [-0.1, -0.05) is 0 Å². The molecule has 2 aromatic carbocycles. The lowest BCUT2D eigenvalue weighted by atomic mass is 10.1. The van der Waals surface area contributed by atoms with E-state index in [1.54, 1.807) is 0 Å². The second-order valence-electron chi connectivity index (χ2n) is 4.90. The van der Waals surface area contributed by atoms with Gasteiger partial charge in [0.1, 0.15) is 11.6 Å². The highest BCUT2D eigenvalue weighted by Gasteiger charge is 2.26. The topological polar surface area (TPSA) is 35.5 Å². The minimum atomic E-state index is -0.494. The van der Waals surface area contributed by atoms with Crippen LogP contribution in [-0.2, 0) is 9.53 Å².